The van der Waals surface area contributed by atoms with Crippen molar-refractivity contribution in [3.63, 3.8) is 0 Å². The molecule has 1 aliphatic carbocycles. The van der Waals surface area contributed by atoms with Gasteiger partial charge in [0.1, 0.15) is 5.38 Å². The van der Waals surface area contributed by atoms with Crippen LogP contribution in [0.5, 0.6) is 0 Å². The van der Waals surface area contributed by atoms with E-state index in [1.165, 1.54) is 19.3 Å². The fourth-order valence-corrected chi connectivity index (χ4v) is 3.37. The molecule has 1 aromatic rings. The number of nitrogens with one attached hydrogen (secondary N) is 1. The van der Waals surface area contributed by atoms with Crippen molar-refractivity contribution in [3.05, 3.63) is 35.9 Å². The molecule has 1 aromatic carbocycles. The molecule has 3 unspecified atom stereocenters. The van der Waals surface area contributed by atoms with Gasteiger partial charge in [-0.25, -0.2) is 0 Å². The number of carbonyl (C=O) groups is 1. The molecule has 0 heterocycles. The average Bonchev–Trinajstić information content (AvgIpc) is 2.47. The molecule has 3 atom stereocenters. The first-order valence-electron chi connectivity index (χ1n) is 7.59. The Labute approximate surface area is 126 Å². The predicted molar refractivity (Wildman–Crippen MR) is 83.8 cm³/mol. The van der Waals surface area contributed by atoms with Crippen LogP contribution in [-0.4, -0.2) is 11.9 Å². The SMILES string of the molecule is CC(C)C1CCCCC1NC(=O)C(Cl)c1ccccc1. The maximum absolute atomic E-state index is 12.3. The van der Waals surface area contributed by atoms with Gasteiger partial charge < -0.3 is 5.32 Å². The second-order valence-electron chi connectivity index (χ2n) is 6.08. The predicted octanol–water partition coefficient (Wildman–Crippen LogP) is 4.30. The van der Waals surface area contributed by atoms with E-state index in [-0.39, 0.29) is 11.9 Å². The summed E-state index contributed by atoms with van der Waals surface area (Å²) in [5.74, 6) is 1.12. The minimum Gasteiger partial charge on any atom is -0.352 e. The Kier molecular flexibility index (Phi) is 5.47. The van der Waals surface area contributed by atoms with Crippen LogP contribution in [-0.2, 0) is 4.79 Å². The van der Waals surface area contributed by atoms with E-state index in [0.29, 0.717) is 11.8 Å². The molecule has 3 heteroatoms. The zero-order valence-corrected chi connectivity index (χ0v) is 13.1. The van der Waals surface area contributed by atoms with Gasteiger partial charge in [0, 0.05) is 6.04 Å². The van der Waals surface area contributed by atoms with Gasteiger partial charge in [-0.2, -0.15) is 0 Å². The highest BCUT2D eigenvalue weighted by molar-refractivity contribution is 6.30. The molecule has 0 spiro atoms. The lowest BCUT2D eigenvalue weighted by molar-refractivity contribution is -0.122. The number of hydrogen-bond acceptors (Lipinski definition) is 1. The van der Waals surface area contributed by atoms with Gasteiger partial charge in [-0.15, -0.1) is 11.6 Å². The number of hydrogen-bond donors (Lipinski definition) is 1. The van der Waals surface area contributed by atoms with Crippen LogP contribution < -0.4 is 5.32 Å². The highest BCUT2D eigenvalue weighted by Crippen LogP contribution is 2.31. The Morgan fingerprint density at radius 1 is 1.20 bits per heavy atom. The van der Waals surface area contributed by atoms with Gasteiger partial charge in [-0.1, -0.05) is 57.0 Å². The first-order valence-corrected chi connectivity index (χ1v) is 8.02. The first-order chi connectivity index (χ1) is 9.59. The highest BCUT2D eigenvalue weighted by Gasteiger charge is 2.30. The van der Waals surface area contributed by atoms with Crippen molar-refractivity contribution in [2.75, 3.05) is 0 Å². The molecule has 0 radical (unpaired) electrons. The Balaban J connectivity index is 1.99. The summed E-state index contributed by atoms with van der Waals surface area (Å²) in [6.45, 7) is 4.48. The normalized spacial score (nSPS) is 24.4. The number of alkyl halides is 1. The molecule has 1 fully saturated rings. The minimum absolute atomic E-state index is 0.0598. The van der Waals surface area contributed by atoms with Crippen LogP contribution in [0.2, 0.25) is 0 Å². The summed E-state index contributed by atoms with van der Waals surface area (Å²) in [6.07, 6.45) is 4.76. The van der Waals surface area contributed by atoms with Crippen LogP contribution in [0, 0.1) is 11.8 Å². The first kappa shape index (κ1) is 15.4. The van der Waals surface area contributed by atoms with Crippen LogP contribution >= 0.6 is 11.6 Å². The summed E-state index contributed by atoms with van der Waals surface area (Å²) in [5.41, 5.74) is 0.864. The van der Waals surface area contributed by atoms with E-state index in [0.717, 1.165) is 12.0 Å². The van der Waals surface area contributed by atoms with Gasteiger partial charge in [0.25, 0.3) is 0 Å². The fourth-order valence-electron chi connectivity index (χ4n) is 3.17. The topological polar surface area (TPSA) is 29.1 Å². The molecule has 0 aliphatic heterocycles. The zero-order valence-electron chi connectivity index (χ0n) is 12.3. The van der Waals surface area contributed by atoms with Crippen molar-refractivity contribution in [2.45, 2.75) is 50.9 Å². The third-order valence-corrected chi connectivity index (χ3v) is 4.78. The molecule has 0 aromatic heterocycles. The third kappa shape index (κ3) is 3.76. The van der Waals surface area contributed by atoms with E-state index in [4.69, 9.17) is 11.6 Å². The maximum atomic E-state index is 12.3. The minimum atomic E-state index is -0.592. The maximum Gasteiger partial charge on any atom is 0.242 e. The molecule has 20 heavy (non-hydrogen) atoms. The Hall–Kier alpha value is -1.02. The van der Waals surface area contributed by atoms with Crippen molar-refractivity contribution >= 4 is 17.5 Å². The van der Waals surface area contributed by atoms with E-state index >= 15 is 0 Å². The van der Waals surface area contributed by atoms with Crippen LogP contribution in [0.4, 0.5) is 0 Å². The second kappa shape index (κ2) is 7.12. The molecule has 1 amide bonds. The summed E-state index contributed by atoms with van der Waals surface area (Å²) in [5, 5.41) is 2.59. The van der Waals surface area contributed by atoms with E-state index in [9.17, 15) is 4.79 Å². The van der Waals surface area contributed by atoms with Crippen molar-refractivity contribution in [3.8, 4) is 0 Å². The van der Waals surface area contributed by atoms with Crippen molar-refractivity contribution in [1.29, 1.82) is 0 Å². The Bertz CT molecular complexity index is 432. The summed E-state index contributed by atoms with van der Waals surface area (Å²) < 4.78 is 0. The van der Waals surface area contributed by atoms with Crippen molar-refractivity contribution in [2.24, 2.45) is 11.8 Å². The van der Waals surface area contributed by atoms with Gasteiger partial charge in [-0.05, 0) is 30.2 Å². The quantitative estimate of drug-likeness (QED) is 0.824. The van der Waals surface area contributed by atoms with Gasteiger partial charge in [-0.3, -0.25) is 4.79 Å². The van der Waals surface area contributed by atoms with Crippen molar-refractivity contribution < 1.29 is 4.79 Å². The van der Waals surface area contributed by atoms with E-state index < -0.39 is 5.38 Å². The highest BCUT2D eigenvalue weighted by atomic mass is 35.5. The molecule has 1 N–H and O–H groups in total. The largest absolute Gasteiger partial charge is 0.352 e. The second-order valence-corrected chi connectivity index (χ2v) is 6.52. The van der Waals surface area contributed by atoms with Crippen LogP contribution in [0.1, 0.15) is 50.5 Å². The lowest BCUT2D eigenvalue weighted by atomic mass is 9.78. The van der Waals surface area contributed by atoms with Crippen LogP contribution in [0.25, 0.3) is 0 Å². The standard InChI is InChI=1S/C17H24ClNO/c1-12(2)14-10-6-7-11-15(14)19-17(20)16(18)13-8-4-3-5-9-13/h3-5,8-9,12,14-16H,6-7,10-11H2,1-2H3,(H,19,20). The van der Waals surface area contributed by atoms with Crippen LogP contribution in [0.15, 0.2) is 30.3 Å². The number of rotatable bonds is 4. The average molecular weight is 294 g/mol. The molecule has 0 saturated heterocycles. The number of halogens is 1. The van der Waals surface area contributed by atoms with Gasteiger partial charge >= 0.3 is 0 Å². The van der Waals surface area contributed by atoms with Gasteiger partial charge in [0.05, 0.1) is 0 Å². The zero-order chi connectivity index (χ0) is 14.5. The monoisotopic (exact) mass is 293 g/mol. The molecular formula is C17H24ClNO. The smallest absolute Gasteiger partial charge is 0.242 e. The lowest BCUT2D eigenvalue weighted by Gasteiger charge is -2.35. The fraction of sp³-hybridized carbons (Fsp3) is 0.588. The summed E-state index contributed by atoms with van der Waals surface area (Å²) in [6, 6.07) is 9.84. The number of amides is 1. The molecule has 2 nitrogen and oxygen atoms in total. The van der Waals surface area contributed by atoms with Gasteiger partial charge in [0.15, 0.2) is 0 Å². The van der Waals surface area contributed by atoms with Gasteiger partial charge in [0.2, 0.25) is 5.91 Å². The van der Waals surface area contributed by atoms with E-state index in [2.05, 4.69) is 19.2 Å². The summed E-state index contributed by atoms with van der Waals surface area (Å²) in [4.78, 5) is 12.3. The van der Waals surface area contributed by atoms with Crippen molar-refractivity contribution in [1.82, 2.24) is 5.32 Å². The molecule has 110 valence electrons. The Morgan fingerprint density at radius 3 is 2.50 bits per heavy atom. The van der Waals surface area contributed by atoms with Crippen LogP contribution in [0.3, 0.4) is 0 Å². The number of benzene rings is 1. The lowest BCUT2D eigenvalue weighted by Crippen LogP contribution is -2.45. The molecule has 0 bridgehead atoms. The third-order valence-electron chi connectivity index (χ3n) is 4.33. The summed E-state index contributed by atoms with van der Waals surface area (Å²) >= 11 is 6.29. The summed E-state index contributed by atoms with van der Waals surface area (Å²) in [7, 11) is 0. The number of carbonyl (C=O) groups excluding carboxylic acids is 1. The molecule has 1 saturated carbocycles. The molecular weight excluding hydrogens is 270 g/mol. The van der Waals surface area contributed by atoms with E-state index in [1.807, 2.05) is 30.3 Å². The Morgan fingerprint density at radius 2 is 1.85 bits per heavy atom. The molecule has 1 aliphatic rings. The van der Waals surface area contributed by atoms with E-state index in [1.54, 1.807) is 0 Å². The molecule has 2 rings (SSSR count).